The Kier molecular flexibility index (Phi) is 5.97. The van der Waals surface area contributed by atoms with E-state index in [0.29, 0.717) is 17.7 Å². The third kappa shape index (κ3) is 3.93. The first-order chi connectivity index (χ1) is 10.0. The van der Waals surface area contributed by atoms with E-state index in [-0.39, 0.29) is 23.9 Å². The summed E-state index contributed by atoms with van der Waals surface area (Å²) in [6, 6.07) is -0.606. The minimum atomic E-state index is -0.327. The standard InChI is InChI=1S/C16H28N2O2S/c1-11(21-3)9-10-18-12(2)15(19)17-14(16(18)20)13-7-5-4-6-8-13/h11-14H,4-10H2,1-3H3,(H,17,19). The van der Waals surface area contributed by atoms with Crippen LogP contribution in [0.2, 0.25) is 0 Å². The number of amides is 2. The van der Waals surface area contributed by atoms with Crippen molar-refractivity contribution in [1.29, 1.82) is 0 Å². The third-order valence-corrected chi connectivity index (χ3v) is 6.03. The van der Waals surface area contributed by atoms with Crippen LogP contribution in [0.3, 0.4) is 0 Å². The smallest absolute Gasteiger partial charge is 0.246 e. The van der Waals surface area contributed by atoms with Crippen molar-refractivity contribution in [3.8, 4) is 0 Å². The van der Waals surface area contributed by atoms with Crippen LogP contribution >= 0.6 is 11.8 Å². The quantitative estimate of drug-likeness (QED) is 0.848. The molecule has 0 bridgehead atoms. The van der Waals surface area contributed by atoms with Gasteiger partial charge in [0.25, 0.3) is 0 Å². The van der Waals surface area contributed by atoms with Crippen molar-refractivity contribution < 1.29 is 9.59 Å². The van der Waals surface area contributed by atoms with Crippen molar-refractivity contribution in [3.05, 3.63) is 0 Å². The molecule has 0 aromatic rings. The van der Waals surface area contributed by atoms with Crippen molar-refractivity contribution in [1.82, 2.24) is 10.2 Å². The lowest BCUT2D eigenvalue weighted by Gasteiger charge is -2.41. The van der Waals surface area contributed by atoms with E-state index in [0.717, 1.165) is 19.3 Å². The summed E-state index contributed by atoms with van der Waals surface area (Å²) in [5.74, 6) is 0.493. The summed E-state index contributed by atoms with van der Waals surface area (Å²) >= 11 is 1.81. The molecule has 1 aliphatic heterocycles. The molecular formula is C16H28N2O2S. The maximum absolute atomic E-state index is 12.8. The van der Waals surface area contributed by atoms with Crippen LogP contribution < -0.4 is 5.32 Å². The van der Waals surface area contributed by atoms with Gasteiger partial charge in [-0.05, 0) is 38.4 Å². The van der Waals surface area contributed by atoms with E-state index in [2.05, 4.69) is 18.5 Å². The normalized spacial score (nSPS) is 29.4. The average molecular weight is 312 g/mol. The number of rotatable bonds is 5. The second-order valence-corrected chi connectivity index (χ2v) is 7.70. The molecule has 1 saturated heterocycles. The van der Waals surface area contributed by atoms with E-state index in [1.54, 1.807) is 11.8 Å². The van der Waals surface area contributed by atoms with Crippen LogP contribution in [0.1, 0.15) is 52.4 Å². The number of carbonyl (C=O) groups is 2. The lowest BCUT2D eigenvalue weighted by molar-refractivity contribution is -0.150. The summed E-state index contributed by atoms with van der Waals surface area (Å²) in [6.45, 7) is 4.70. The first kappa shape index (κ1) is 16.7. The molecule has 1 saturated carbocycles. The van der Waals surface area contributed by atoms with Gasteiger partial charge < -0.3 is 10.2 Å². The van der Waals surface area contributed by atoms with Gasteiger partial charge in [-0.25, -0.2) is 0 Å². The minimum Gasteiger partial charge on any atom is -0.342 e. The molecule has 0 radical (unpaired) electrons. The Morgan fingerprint density at radius 2 is 1.95 bits per heavy atom. The van der Waals surface area contributed by atoms with Crippen molar-refractivity contribution in [3.63, 3.8) is 0 Å². The summed E-state index contributed by atoms with van der Waals surface area (Å²) in [4.78, 5) is 26.8. The number of hydrogen-bond donors (Lipinski definition) is 1. The SMILES string of the molecule is CSC(C)CCN1C(=O)C(C2CCCCC2)NC(=O)C1C. The van der Waals surface area contributed by atoms with Crippen LogP contribution in [0.15, 0.2) is 0 Å². The van der Waals surface area contributed by atoms with E-state index in [1.807, 2.05) is 11.8 Å². The highest BCUT2D eigenvalue weighted by molar-refractivity contribution is 7.99. The van der Waals surface area contributed by atoms with E-state index in [9.17, 15) is 9.59 Å². The van der Waals surface area contributed by atoms with Gasteiger partial charge in [0, 0.05) is 11.8 Å². The predicted octanol–water partition coefficient (Wildman–Crippen LogP) is 2.42. The Hall–Kier alpha value is -0.710. The fraction of sp³-hybridized carbons (Fsp3) is 0.875. The molecule has 0 aromatic heterocycles. The first-order valence-electron chi connectivity index (χ1n) is 8.18. The second kappa shape index (κ2) is 7.52. The Bertz CT molecular complexity index is 382. The minimum absolute atomic E-state index is 0.0157. The van der Waals surface area contributed by atoms with Gasteiger partial charge in [-0.2, -0.15) is 11.8 Å². The van der Waals surface area contributed by atoms with Crippen molar-refractivity contribution in [2.24, 2.45) is 5.92 Å². The summed E-state index contributed by atoms with van der Waals surface area (Å²) in [6.07, 6.45) is 8.80. The average Bonchev–Trinajstić information content (AvgIpc) is 2.51. The van der Waals surface area contributed by atoms with Gasteiger partial charge in [0.2, 0.25) is 11.8 Å². The topological polar surface area (TPSA) is 49.4 Å². The highest BCUT2D eigenvalue weighted by Crippen LogP contribution is 2.29. The Balaban J connectivity index is 2.03. The zero-order chi connectivity index (χ0) is 15.4. The number of nitrogens with zero attached hydrogens (tertiary/aromatic N) is 1. The van der Waals surface area contributed by atoms with Crippen LogP contribution in [0, 0.1) is 5.92 Å². The lowest BCUT2D eigenvalue weighted by Crippen LogP contribution is -2.64. The Morgan fingerprint density at radius 3 is 2.57 bits per heavy atom. The molecule has 1 N–H and O–H groups in total. The predicted molar refractivity (Wildman–Crippen MR) is 87.3 cm³/mol. The molecule has 21 heavy (non-hydrogen) atoms. The maximum Gasteiger partial charge on any atom is 0.246 e. The first-order valence-corrected chi connectivity index (χ1v) is 9.47. The monoisotopic (exact) mass is 312 g/mol. The molecule has 3 atom stereocenters. The maximum atomic E-state index is 12.8. The molecule has 1 aliphatic carbocycles. The van der Waals surface area contributed by atoms with Gasteiger partial charge in [0.05, 0.1) is 0 Å². The number of hydrogen-bond acceptors (Lipinski definition) is 3. The van der Waals surface area contributed by atoms with Crippen LogP contribution in [-0.2, 0) is 9.59 Å². The molecule has 1 heterocycles. The summed E-state index contributed by atoms with van der Waals surface area (Å²) < 4.78 is 0. The van der Waals surface area contributed by atoms with Crippen LogP contribution in [0.25, 0.3) is 0 Å². The van der Waals surface area contributed by atoms with Crippen LogP contribution in [-0.4, -0.2) is 46.8 Å². The summed E-state index contributed by atoms with van der Waals surface area (Å²) in [5, 5.41) is 3.50. The number of thioether (sulfide) groups is 1. The number of piperazine rings is 1. The van der Waals surface area contributed by atoms with E-state index in [4.69, 9.17) is 0 Å². The van der Waals surface area contributed by atoms with E-state index in [1.165, 1.54) is 19.3 Å². The van der Waals surface area contributed by atoms with Gasteiger partial charge in [-0.15, -0.1) is 0 Å². The Labute approximate surface area is 132 Å². The van der Waals surface area contributed by atoms with Gasteiger partial charge >= 0.3 is 0 Å². The van der Waals surface area contributed by atoms with Gasteiger partial charge in [-0.3, -0.25) is 9.59 Å². The molecule has 2 aliphatic rings. The molecule has 2 rings (SSSR count). The molecular weight excluding hydrogens is 284 g/mol. The third-order valence-electron chi connectivity index (χ3n) is 4.99. The highest BCUT2D eigenvalue weighted by atomic mass is 32.2. The zero-order valence-electron chi connectivity index (χ0n) is 13.4. The molecule has 4 nitrogen and oxygen atoms in total. The summed E-state index contributed by atoms with van der Waals surface area (Å²) in [7, 11) is 0. The second-order valence-electron chi connectivity index (χ2n) is 6.43. The zero-order valence-corrected chi connectivity index (χ0v) is 14.2. The van der Waals surface area contributed by atoms with Gasteiger partial charge in [-0.1, -0.05) is 26.2 Å². The molecule has 0 spiro atoms. The molecule has 2 amide bonds. The number of carbonyl (C=O) groups excluding carboxylic acids is 2. The van der Waals surface area contributed by atoms with Gasteiger partial charge in [0.15, 0.2) is 0 Å². The highest BCUT2D eigenvalue weighted by Gasteiger charge is 2.41. The molecule has 0 aromatic carbocycles. The fourth-order valence-corrected chi connectivity index (χ4v) is 3.72. The molecule has 5 heteroatoms. The molecule has 2 fully saturated rings. The lowest BCUT2D eigenvalue weighted by atomic mass is 9.82. The largest absolute Gasteiger partial charge is 0.342 e. The summed E-state index contributed by atoms with van der Waals surface area (Å²) in [5.41, 5.74) is 0. The fourth-order valence-electron chi connectivity index (χ4n) is 3.38. The van der Waals surface area contributed by atoms with E-state index < -0.39 is 0 Å². The molecule has 120 valence electrons. The Morgan fingerprint density at radius 1 is 1.29 bits per heavy atom. The van der Waals surface area contributed by atoms with Gasteiger partial charge in [0.1, 0.15) is 12.1 Å². The van der Waals surface area contributed by atoms with E-state index >= 15 is 0 Å². The van der Waals surface area contributed by atoms with Crippen LogP contribution in [0.5, 0.6) is 0 Å². The van der Waals surface area contributed by atoms with Crippen molar-refractivity contribution in [2.75, 3.05) is 12.8 Å². The van der Waals surface area contributed by atoms with Crippen molar-refractivity contribution >= 4 is 23.6 Å². The molecule has 3 unspecified atom stereocenters. The van der Waals surface area contributed by atoms with Crippen LogP contribution in [0.4, 0.5) is 0 Å². The van der Waals surface area contributed by atoms with Crippen molar-refractivity contribution in [2.45, 2.75) is 69.7 Å². The number of nitrogens with one attached hydrogen (secondary N) is 1.